The molecule has 3 aromatic rings. The average Bonchev–Trinajstić information content (AvgIpc) is 3.15. The first-order valence-corrected chi connectivity index (χ1v) is 10.4. The molecule has 0 bridgehead atoms. The van der Waals surface area contributed by atoms with Crippen molar-refractivity contribution in [1.82, 2.24) is 0 Å². The van der Waals surface area contributed by atoms with Crippen molar-refractivity contribution < 1.29 is 14.3 Å². The van der Waals surface area contributed by atoms with Crippen LogP contribution in [0.5, 0.6) is 5.75 Å². The second-order valence-electron chi connectivity index (χ2n) is 7.98. The summed E-state index contributed by atoms with van der Waals surface area (Å²) in [5.74, 6) is 0.205. The van der Waals surface area contributed by atoms with Crippen molar-refractivity contribution in [3.8, 4) is 5.75 Å². The molecule has 158 valence electrons. The Morgan fingerprint density at radius 2 is 1.77 bits per heavy atom. The van der Waals surface area contributed by atoms with Crippen LogP contribution in [0.1, 0.15) is 23.1 Å². The molecule has 4 rings (SSSR count). The number of benzene rings is 3. The van der Waals surface area contributed by atoms with Gasteiger partial charge in [-0.25, -0.2) is 0 Å². The van der Waals surface area contributed by atoms with Gasteiger partial charge in [-0.1, -0.05) is 48.0 Å². The highest BCUT2D eigenvalue weighted by Crippen LogP contribution is 2.29. The maximum absolute atomic E-state index is 12.8. The number of carbonyl (C=O) groups excluding carboxylic acids is 2. The molecule has 0 radical (unpaired) electrons. The molecule has 0 aliphatic carbocycles. The van der Waals surface area contributed by atoms with Crippen LogP contribution < -0.4 is 15.0 Å². The normalized spacial score (nSPS) is 15.7. The number of carbonyl (C=O) groups is 2. The zero-order valence-electron chi connectivity index (χ0n) is 17.8. The van der Waals surface area contributed by atoms with Crippen molar-refractivity contribution in [2.45, 2.75) is 26.9 Å². The first-order valence-electron chi connectivity index (χ1n) is 10.4. The predicted molar refractivity (Wildman–Crippen MR) is 122 cm³/mol. The van der Waals surface area contributed by atoms with Crippen LogP contribution >= 0.6 is 0 Å². The molecule has 1 aliphatic rings. The van der Waals surface area contributed by atoms with Gasteiger partial charge in [0.15, 0.2) is 0 Å². The van der Waals surface area contributed by atoms with E-state index in [0.29, 0.717) is 18.8 Å². The maximum Gasteiger partial charge on any atom is 0.229 e. The third-order valence-electron chi connectivity index (χ3n) is 5.51. The van der Waals surface area contributed by atoms with Gasteiger partial charge in [-0.05, 0) is 55.3 Å². The smallest absolute Gasteiger partial charge is 0.229 e. The van der Waals surface area contributed by atoms with E-state index in [0.717, 1.165) is 28.1 Å². The number of amides is 2. The first kappa shape index (κ1) is 20.7. The lowest BCUT2D eigenvalue weighted by Crippen LogP contribution is -2.28. The number of nitrogens with one attached hydrogen (secondary N) is 1. The van der Waals surface area contributed by atoms with E-state index in [2.05, 4.69) is 11.4 Å². The Morgan fingerprint density at radius 3 is 2.48 bits per heavy atom. The topological polar surface area (TPSA) is 58.6 Å². The summed E-state index contributed by atoms with van der Waals surface area (Å²) < 4.78 is 5.78. The molecule has 2 amide bonds. The van der Waals surface area contributed by atoms with Crippen molar-refractivity contribution >= 4 is 23.2 Å². The minimum atomic E-state index is -0.373. The molecule has 0 spiro atoms. The molecule has 1 unspecified atom stereocenters. The van der Waals surface area contributed by atoms with Crippen LogP contribution in [0.4, 0.5) is 11.4 Å². The number of hydrogen-bond acceptors (Lipinski definition) is 3. The second-order valence-corrected chi connectivity index (χ2v) is 7.98. The fourth-order valence-corrected chi connectivity index (χ4v) is 3.84. The van der Waals surface area contributed by atoms with E-state index in [-0.39, 0.29) is 24.2 Å². The van der Waals surface area contributed by atoms with Crippen LogP contribution in [0.25, 0.3) is 0 Å². The first-order chi connectivity index (χ1) is 15.0. The Labute approximate surface area is 182 Å². The van der Waals surface area contributed by atoms with Gasteiger partial charge in [0.05, 0.1) is 5.92 Å². The van der Waals surface area contributed by atoms with Crippen molar-refractivity contribution in [1.29, 1.82) is 0 Å². The van der Waals surface area contributed by atoms with Gasteiger partial charge in [0.2, 0.25) is 11.8 Å². The molecule has 1 saturated heterocycles. The Balaban J connectivity index is 1.34. The van der Waals surface area contributed by atoms with Crippen LogP contribution in [0.2, 0.25) is 0 Å². The molecule has 3 aromatic carbocycles. The van der Waals surface area contributed by atoms with E-state index in [1.165, 1.54) is 0 Å². The Kier molecular flexibility index (Phi) is 6.03. The molecule has 1 heterocycles. The summed E-state index contributed by atoms with van der Waals surface area (Å²) in [6, 6.07) is 23.3. The molecule has 5 heteroatoms. The van der Waals surface area contributed by atoms with Crippen LogP contribution in [0.15, 0.2) is 72.8 Å². The standard InChI is InChI=1S/C26H26N2O3/c1-18-8-13-24(19(2)14-18)28-16-21(15-25(28)29)26(30)27-22-9-11-23(12-10-22)31-17-20-6-4-3-5-7-20/h3-14,21H,15-17H2,1-2H3,(H,27,30). The van der Waals surface area contributed by atoms with Crippen molar-refractivity contribution in [2.75, 3.05) is 16.8 Å². The van der Waals surface area contributed by atoms with Crippen LogP contribution in [0.3, 0.4) is 0 Å². The SMILES string of the molecule is Cc1ccc(N2CC(C(=O)Nc3ccc(OCc4ccccc4)cc3)CC2=O)c(C)c1. The predicted octanol–water partition coefficient (Wildman–Crippen LogP) is 4.87. The summed E-state index contributed by atoms with van der Waals surface area (Å²) in [4.78, 5) is 27.0. The molecule has 1 N–H and O–H groups in total. The van der Waals surface area contributed by atoms with Gasteiger partial charge in [0, 0.05) is 24.3 Å². The number of anilines is 2. The zero-order valence-corrected chi connectivity index (χ0v) is 17.8. The Morgan fingerprint density at radius 1 is 1.03 bits per heavy atom. The lowest BCUT2D eigenvalue weighted by atomic mass is 10.1. The maximum atomic E-state index is 12.8. The molecule has 31 heavy (non-hydrogen) atoms. The van der Waals surface area contributed by atoms with Gasteiger partial charge >= 0.3 is 0 Å². The summed E-state index contributed by atoms with van der Waals surface area (Å²) >= 11 is 0. The molecule has 1 aliphatic heterocycles. The van der Waals surface area contributed by atoms with Gasteiger partial charge in [-0.3, -0.25) is 9.59 Å². The number of hydrogen-bond donors (Lipinski definition) is 1. The molecular formula is C26H26N2O3. The highest BCUT2D eigenvalue weighted by Gasteiger charge is 2.35. The van der Waals surface area contributed by atoms with E-state index in [9.17, 15) is 9.59 Å². The molecular weight excluding hydrogens is 388 g/mol. The molecule has 1 fully saturated rings. The lowest BCUT2D eigenvalue weighted by Gasteiger charge is -2.19. The third kappa shape index (κ3) is 4.94. The van der Waals surface area contributed by atoms with E-state index >= 15 is 0 Å². The van der Waals surface area contributed by atoms with Crippen LogP contribution in [0, 0.1) is 19.8 Å². The molecule has 1 atom stereocenters. The second kappa shape index (κ2) is 9.04. The fourth-order valence-electron chi connectivity index (χ4n) is 3.84. The van der Waals surface area contributed by atoms with E-state index < -0.39 is 0 Å². The number of rotatable bonds is 6. The van der Waals surface area contributed by atoms with Gasteiger partial charge in [-0.15, -0.1) is 0 Å². The summed E-state index contributed by atoms with van der Waals surface area (Å²) in [6.45, 7) is 4.90. The third-order valence-corrected chi connectivity index (χ3v) is 5.51. The summed E-state index contributed by atoms with van der Waals surface area (Å²) in [6.07, 6.45) is 0.220. The number of ether oxygens (including phenoxy) is 1. The number of aryl methyl sites for hydroxylation is 2. The van der Waals surface area contributed by atoms with Crippen molar-refractivity contribution in [2.24, 2.45) is 5.92 Å². The van der Waals surface area contributed by atoms with Gasteiger partial charge in [0.1, 0.15) is 12.4 Å². The lowest BCUT2D eigenvalue weighted by molar-refractivity contribution is -0.122. The van der Waals surface area contributed by atoms with Gasteiger partial charge in [-0.2, -0.15) is 0 Å². The van der Waals surface area contributed by atoms with E-state index in [4.69, 9.17) is 4.74 Å². The quantitative estimate of drug-likeness (QED) is 0.626. The van der Waals surface area contributed by atoms with Crippen LogP contribution in [-0.4, -0.2) is 18.4 Å². The van der Waals surface area contributed by atoms with Crippen molar-refractivity contribution in [3.63, 3.8) is 0 Å². The van der Waals surface area contributed by atoms with Gasteiger partial charge < -0.3 is 15.0 Å². The Hall–Kier alpha value is -3.60. The van der Waals surface area contributed by atoms with E-state index in [1.807, 2.05) is 80.6 Å². The molecule has 0 saturated carbocycles. The fraction of sp³-hybridized carbons (Fsp3) is 0.231. The van der Waals surface area contributed by atoms with Crippen molar-refractivity contribution in [3.05, 3.63) is 89.5 Å². The zero-order chi connectivity index (χ0) is 21.8. The average molecular weight is 415 g/mol. The summed E-state index contributed by atoms with van der Waals surface area (Å²) in [5, 5.41) is 2.93. The monoisotopic (exact) mass is 414 g/mol. The minimum absolute atomic E-state index is 0.0169. The van der Waals surface area contributed by atoms with Gasteiger partial charge in [0.25, 0.3) is 0 Å². The number of nitrogens with zero attached hydrogens (tertiary/aromatic N) is 1. The Bertz CT molecular complexity index is 1080. The molecule has 5 nitrogen and oxygen atoms in total. The minimum Gasteiger partial charge on any atom is -0.489 e. The summed E-state index contributed by atoms with van der Waals surface area (Å²) in [5.41, 5.74) is 4.86. The van der Waals surface area contributed by atoms with Crippen LogP contribution in [-0.2, 0) is 16.2 Å². The summed E-state index contributed by atoms with van der Waals surface area (Å²) in [7, 11) is 0. The highest BCUT2D eigenvalue weighted by molar-refractivity contribution is 6.03. The molecule has 0 aromatic heterocycles. The largest absolute Gasteiger partial charge is 0.489 e. The van der Waals surface area contributed by atoms with E-state index in [1.54, 1.807) is 4.90 Å². The highest BCUT2D eigenvalue weighted by atomic mass is 16.5.